The average molecular weight is 373 g/mol. The molecule has 0 unspecified atom stereocenters. The van der Waals surface area contributed by atoms with Crippen LogP contribution in [-0.2, 0) is 20.7 Å². The number of carbonyl (C=O) groups is 2. The first-order valence-electron chi connectivity index (χ1n) is 10.2. The first-order valence-corrected chi connectivity index (χ1v) is 10.2. The second kappa shape index (κ2) is 7.61. The molecular formula is C22H28FNO3. The predicted molar refractivity (Wildman–Crippen MR) is 99.3 cm³/mol. The van der Waals surface area contributed by atoms with Crippen molar-refractivity contribution >= 4 is 11.9 Å². The summed E-state index contributed by atoms with van der Waals surface area (Å²) in [6.07, 6.45) is 8.64. The van der Waals surface area contributed by atoms with E-state index in [9.17, 15) is 14.0 Å². The van der Waals surface area contributed by atoms with E-state index >= 15 is 0 Å². The number of nitrogens with one attached hydrogen (secondary N) is 1. The SMILES string of the molecule is O=C(COC(=O)CC12CC3CC(CC(C3)C1)C2)NCCc1ccc(F)cc1. The van der Waals surface area contributed by atoms with Gasteiger partial charge in [0, 0.05) is 6.54 Å². The van der Waals surface area contributed by atoms with Crippen LogP contribution >= 0.6 is 0 Å². The van der Waals surface area contributed by atoms with Crippen LogP contribution in [0, 0.1) is 29.0 Å². The van der Waals surface area contributed by atoms with E-state index in [1.807, 2.05) is 0 Å². The van der Waals surface area contributed by atoms with Crippen LogP contribution in [0.3, 0.4) is 0 Å². The van der Waals surface area contributed by atoms with E-state index in [1.165, 1.54) is 50.7 Å². The molecule has 1 amide bonds. The van der Waals surface area contributed by atoms with Gasteiger partial charge in [-0.1, -0.05) is 12.1 Å². The van der Waals surface area contributed by atoms with Gasteiger partial charge in [0.15, 0.2) is 6.61 Å². The molecule has 1 aromatic carbocycles. The van der Waals surface area contributed by atoms with E-state index in [1.54, 1.807) is 12.1 Å². The summed E-state index contributed by atoms with van der Waals surface area (Å²) in [6, 6.07) is 6.22. The molecule has 146 valence electrons. The second-order valence-corrected chi connectivity index (χ2v) is 8.98. The van der Waals surface area contributed by atoms with Gasteiger partial charge in [0.2, 0.25) is 0 Å². The van der Waals surface area contributed by atoms with Gasteiger partial charge in [-0.3, -0.25) is 9.59 Å². The van der Waals surface area contributed by atoms with Crippen molar-refractivity contribution in [1.82, 2.24) is 5.32 Å². The van der Waals surface area contributed by atoms with E-state index in [2.05, 4.69) is 5.32 Å². The van der Waals surface area contributed by atoms with Crippen LogP contribution in [-0.4, -0.2) is 25.0 Å². The highest BCUT2D eigenvalue weighted by molar-refractivity contribution is 5.80. The fourth-order valence-electron chi connectivity index (χ4n) is 6.06. The fraction of sp³-hybridized carbons (Fsp3) is 0.636. The van der Waals surface area contributed by atoms with Crippen molar-refractivity contribution in [3.63, 3.8) is 0 Å². The number of halogens is 1. The molecule has 5 heteroatoms. The molecule has 4 fully saturated rings. The normalized spacial score (nSPS) is 30.9. The summed E-state index contributed by atoms with van der Waals surface area (Å²) in [7, 11) is 0. The molecule has 5 rings (SSSR count). The fourth-order valence-corrected chi connectivity index (χ4v) is 6.06. The van der Waals surface area contributed by atoms with Crippen LogP contribution in [0.15, 0.2) is 24.3 Å². The van der Waals surface area contributed by atoms with Crippen molar-refractivity contribution in [3.8, 4) is 0 Å². The Labute approximate surface area is 159 Å². The molecule has 27 heavy (non-hydrogen) atoms. The lowest BCUT2D eigenvalue weighted by Gasteiger charge is -2.56. The highest BCUT2D eigenvalue weighted by Gasteiger charge is 2.51. The summed E-state index contributed by atoms with van der Waals surface area (Å²) in [5.41, 5.74) is 1.10. The number of hydrogen-bond acceptors (Lipinski definition) is 3. The number of ether oxygens (including phenoxy) is 1. The Hall–Kier alpha value is -1.91. The number of carbonyl (C=O) groups excluding carboxylic acids is 2. The third kappa shape index (κ3) is 4.50. The van der Waals surface area contributed by atoms with Crippen molar-refractivity contribution < 1.29 is 18.7 Å². The third-order valence-corrected chi connectivity index (χ3v) is 6.70. The van der Waals surface area contributed by atoms with Crippen molar-refractivity contribution in [2.45, 2.75) is 51.4 Å². The molecule has 4 aliphatic carbocycles. The quantitative estimate of drug-likeness (QED) is 0.743. The lowest BCUT2D eigenvalue weighted by atomic mass is 9.49. The molecule has 0 aliphatic heterocycles. The summed E-state index contributed by atoms with van der Waals surface area (Å²) in [5, 5.41) is 2.75. The van der Waals surface area contributed by atoms with Crippen LogP contribution in [0.25, 0.3) is 0 Å². The van der Waals surface area contributed by atoms with Gasteiger partial charge >= 0.3 is 5.97 Å². The molecule has 1 aromatic rings. The molecule has 1 N–H and O–H groups in total. The smallest absolute Gasteiger partial charge is 0.306 e. The minimum Gasteiger partial charge on any atom is -0.456 e. The van der Waals surface area contributed by atoms with Crippen LogP contribution < -0.4 is 5.32 Å². The van der Waals surface area contributed by atoms with Crippen molar-refractivity contribution in [2.24, 2.45) is 23.2 Å². The van der Waals surface area contributed by atoms with Crippen LogP contribution in [0.5, 0.6) is 0 Å². The second-order valence-electron chi connectivity index (χ2n) is 8.98. The average Bonchev–Trinajstić information content (AvgIpc) is 2.60. The van der Waals surface area contributed by atoms with Gasteiger partial charge in [-0.05, 0) is 85.8 Å². The Bertz CT molecular complexity index is 665. The Kier molecular flexibility index (Phi) is 5.20. The summed E-state index contributed by atoms with van der Waals surface area (Å²) in [5.74, 6) is 1.63. The van der Waals surface area contributed by atoms with Crippen LogP contribution in [0.1, 0.15) is 50.5 Å². The third-order valence-electron chi connectivity index (χ3n) is 6.70. The standard InChI is InChI=1S/C22H28FNO3/c23-19-3-1-15(2-4-19)5-6-24-20(25)14-27-21(26)13-22-10-16-7-17(11-22)9-18(8-16)12-22/h1-4,16-18H,5-14H2,(H,24,25). The summed E-state index contributed by atoms with van der Waals surface area (Å²) in [4.78, 5) is 24.2. The lowest BCUT2D eigenvalue weighted by Crippen LogP contribution is -2.47. The molecule has 4 nitrogen and oxygen atoms in total. The minimum atomic E-state index is -0.282. The van der Waals surface area contributed by atoms with Crippen LogP contribution in [0.2, 0.25) is 0 Å². The van der Waals surface area contributed by atoms with E-state index < -0.39 is 0 Å². The molecule has 0 radical (unpaired) electrons. The first-order chi connectivity index (χ1) is 13.0. The van der Waals surface area contributed by atoms with Crippen molar-refractivity contribution in [3.05, 3.63) is 35.6 Å². The molecule has 4 aliphatic rings. The zero-order valence-corrected chi connectivity index (χ0v) is 15.7. The molecule has 0 heterocycles. The van der Waals surface area contributed by atoms with Crippen molar-refractivity contribution in [2.75, 3.05) is 13.2 Å². The molecule has 4 saturated carbocycles. The van der Waals surface area contributed by atoms with E-state index in [0.29, 0.717) is 19.4 Å². The molecule has 0 saturated heterocycles. The molecule has 0 spiro atoms. The summed E-state index contributed by atoms with van der Waals surface area (Å²) >= 11 is 0. The molecule has 4 bridgehead atoms. The highest BCUT2D eigenvalue weighted by Crippen LogP contribution is 2.61. The largest absolute Gasteiger partial charge is 0.456 e. The van der Waals surface area contributed by atoms with E-state index in [-0.39, 0.29) is 29.7 Å². The van der Waals surface area contributed by atoms with Gasteiger partial charge in [-0.2, -0.15) is 0 Å². The van der Waals surface area contributed by atoms with Gasteiger partial charge in [0.25, 0.3) is 5.91 Å². The Morgan fingerprint density at radius 2 is 1.63 bits per heavy atom. The van der Waals surface area contributed by atoms with Gasteiger partial charge in [-0.15, -0.1) is 0 Å². The predicted octanol–water partition coefficient (Wildman–Crippen LogP) is 3.63. The van der Waals surface area contributed by atoms with E-state index in [0.717, 1.165) is 23.3 Å². The van der Waals surface area contributed by atoms with Crippen molar-refractivity contribution in [1.29, 1.82) is 0 Å². The minimum absolute atomic E-state index is 0.144. The molecular weight excluding hydrogens is 345 g/mol. The monoisotopic (exact) mass is 373 g/mol. The maximum absolute atomic E-state index is 12.9. The maximum atomic E-state index is 12.9. The number of benzene rings is 1. The van der Waals surface area contributed by atoms with E-state index in [4.69, 9.17) is 4.74 Å². The van der Waals surface area contributed by atoms with Gasteiger partial charge in [0.1, 0.15) is 5.82 Å². The summed E-state index contributed by atoms with van der Waals surface area (Å²) < 4.78 is 18.1. The number of esters is 1. The Balaban J connectivity index is 1.17. The number of rotatable bonds is 7. The summed E-state index contributed by atoms with van der Waals surface area (Å²) in [6.45, 7) is 0.228. The zero-order chi connectivity index (χ0) is 18.9. The molecule has 0 aromatic heterocycles. The van der Waals surface area contributed by atoms with Crippen LogP contribution in [0.4, 0.5) is 4.39 Å². The topological polar surface area (TPSA) is 55.4 Å². The zero-order valence-electron chi connectivity index (χ0n) is 15.7. The lowest BCUT2D eigenvalue weighted by molar-refractivity contribution is -0.155. The highest BCUT2D eigenvalue weighted by atomic mass is 19.1. The number of hydrogen-bond donors (Lipinski definition) is 1. The number of amides is 1. The maximum Gasteiger partial charge on any atom is 0.306 e. The van der Waals surface area contributed by atoms with Gasteiger partial charge in [-0.25, -0.2) is 4.39 Å². The Morgan fingerprint density at radius 3 is 2.22 bits per heavy atom. The Morgan fingerprint density at radius 1 is 1.04 bits per heavy atom. The molecule has 0 atom stereocenters. The van der Waals surface area contributed by atoms with Gasteiger partial charge < -0.3 is 10.1 Å². The first kappa shape index (κ1) is 18.5. The van der Waals surface area contributed by atoms with Gasteiger partial charge in [0.05, 0.1) is 6.42 Å².